The molecule has 0 saturated carbocycles. The van der Waals surface area contributed by atoms with Gasteiger partial charge in [-0.05, 0) is 59.6 Å². The number of carbonyl (C=O) groups is 1. The SMILES string of the molecule is Cc1cc(Br)c(C(=O)c2ccc(F)c(C)c2)s1. The maximum atomic E-state index is 13.1. The Morgan fingerprint density at radius 1 is 1.29 bits per heavy atom. The number of rotatable bonds is 2. The molecule has 0 bridgehead atoms. The Morgan fingerprint density at radius 3 is 2.53 bits per heavy atom. The van der Waals surface area contributed by atoms with E-state index in [1.807, 2.05) is 13.0 Å². The number of ketones is 1. The van der Waals surface area contributed by atoms with Gasteiger partial charge < -0.3 is 0 Å². The molecule has 0 N–H and O–H groups in total. The van der Waals surface area contributed by atoms with Crippen molar-refractivity contribution in [2.24, 2.45) is 0 Å². The largest absolute Gasteiger partial charge is 0.288 e. The van der Waals surface area contributed by atoms with Crippen LogP contribution in [0.25, 0.3) is 0 Å². The van der Waals surface area contributed by atoms with Gasteiger partial charge in [-0.1, -0.05) is 0 Å². The van der Waals surface area contributed by atoms with Gasteiger partial charge in [0.25, 0.3) is 0 Å². The Morgan fingerprint density at radius 2 is 2.00 bits per heavy atom. The lowest BCUT2D eigenvalue weighted by Crippen LogP contribution is -2.00. The van der Waals surface area contributed by atoms with Gasteiger partial charge in [-0.3, -0.25) is 4.79 Å². The average Bonchev–Trinajstić information content (AvgIpc) is 2.61. The first kappa shape index (κ1) is 12.5. The van der Waals surface area contributed by atoms with Crippen molar-refractivity contribution in [3.05, 3.63) is 55.4 Å². The predicted octanol–water partition coefficient (Wildman–Crippen LogP) is 4.50. The number of thiophene rings is 1. The Hall–Kier alpha value is -1.000. The highest BCUT2D eigenvalue weighted by Gasteiger charge is 2.16. The standard InChI is InChI=1S/C13H10BrFOS/c1-7-5-9(3-4-11(7)15)12(16)13-10(14)6-8(2)17-13/h3-6H,1-2H3. The molecule has 0 fully saturated rings. The minimum Gasteiger partial charge on any atom is -0.288 e. The minimum absolute atomic E-state index is 0.0712. The topological polar surface area (TPSA) is 17.1 Å². The van der Waals surface area contributed by atoms with Crippen molar-refractivity contribution in [2.45, 2.75) is 13.8 Å². The summed E-state index contributed by atoms with van der Waals surface area (Å²) in [6, 6.07) is 6.34. The first-order chi connectivity index (χ1) is 7.99. The Balaban J connectivity index is 2.44. The van der Waals surface area contributed by atoms with Crippen molar-refractivity contribution in [3.63, 3.8) is 0 Å². The molecule has 0 aliphatic rings. The fraction of sp³-hybridized carbons (Fsp3) is 0.154. The summed E-state index contributed by atoms with van der Waals surface area (Å²) in [5.41, 5.74) is 1.01. The Labute approximate surface area is 111 Å². The molecule has 17 heavy (non-hydrogen) atoms. The van der Waals surface area contributed by atoms with Gasteiger partial charge in [-0.25, -0.2) is 4.39 Å². The molecule has 1 aromatic carbocycles. The molecule has 2 aromatic rings. The summed E-state index contributed by atoms with van der Waals surface area (Å²) in [4.78, 5) is 13.9. The Kier molecular flexibility index (Phi) is 3.45. The van der Waals surface area contributed by atoms with Gasteiger partial charge in [-0.2, -0.15) is 0 Å². The maximum absolute atomic E-state index is 13.1. The third-order valence-corrected chi connectivity index (χ3v) is 4.37. The number of halogens is 2. The van der Waals surface area contributed by atoms with Crippen LogP contribution in [0.1, 0.15) is 25.7 Å². The second-order valence-corrected chi connectivity index (χ2v) is 5.94. The van der Waals surface area contributed by atoms with Gasteiger partial charge in [-0.15, -0.1) is 11.3 Å². The molecule has 1 nitrogen and oxygen atoms in total. The van der Waals surface area contributed by atoms with Crippen LogP contribution in [0.5, 0.6) is 0 Å². The van der Waals surface area contributed by atoms with Crippen LogP contribution >= 0.6 is 27.3 Å². The quantitative estimate of drug-likeness (QED) is 0.746. The molecular weight excluding hydrogens is 303 g/mol. The van der Waals surface area contributed by atoms with Crippen molar-refractivity contribution in [3.8, 4) is 0 Å². The Bertz CT molecular complexity index is 589. The second kappa shape index (κ2) is 4.70. The van der Waals surface area contributed by atoms with E-state index in [9.17, 15) is 9.18 Å². The van der Waals surface area contributed by atoms with Crippen molar-refractivity contribution < 1.29 is 9.18 Å². The molecule has 1 aromatic heterocycles. The van der Waals surface area contributed by atoms with Crippen LogP contribution in [0.4, 0.5) is 4.39 Å². The lowest BCUT2D eigenvalue weighted by atomic mass is 10.1. The lowest BCUT2D eigenvalue weighted by molar-refractivity contribution is 0.104. The summed E-state index contributed by atoms with van der Waals surface area (Å²) in [5.74, 6) is -0.360. The highest BCUT2D eigenvalue weighted by Crippen LogP contribution is 2.29. The zero-order chi connectivity index (χ0) is 12.6. The van der Waals surface area contributed by atoms with Crippen LogP contribution < -0.4 is 0 Å². The summed E-state index contributed by atoms with van der Waals surface area (Å²) in [6.45, 7) is 3.60. The normalized spacial score (nSPS) is 10.6. The lowest BCUT2D eigenvalue weighted by Gasteiger charge is -2.01. The summed E-state index contributed by atoms with van der Waals surface area (Å²) >= 11 is 4.80. The van der Waals surface area contributed by atoms with E-state index >= 15 is 0 Å². The number of benzene rings is 1. The third-order valence-electron chi connectivity index (χ3n) is 2.44. The van der Waals surface area contributed by atoms with Crippen molar-refractivity contribution >= 4 is 33.0 Å². The molecular formula is C13H10BrFOS. The van der Waals surface area contributed by atoms with Crippen LogP contribution in [0.2, 0.25) is 0 Å². The zero-order valence-electron chi connectivity index (χ0n) is 9.38. The van der Waals surface area contributed by atoms with E-state index in [1.165, 1.54) is 23.5 Å². The zero-order valence-corrected chi connectivity index (χ0v) is 11.8. The van der Waals surface area contributed by atoms with E-state index in [0.29, 0.717) is 16.0 Å². The third kappa shape index (κ3) is 2.48. The highest BCUT2D eigenvalue weighted by molar-refractivity contribution is 9.10. The minimum atomic E-state index is -0.289. The van der Waals surface area contributed by atoms with Gasteiger partial charge in [0.05, 0.1) is 4.88 Å². The van der Waals surface area contributed by atoms with Gasteiger partial charge in [0.15, 0.2) is 0 Å². The average molecular weight is 313 g/mol. The molecule has 2 rings (SSSR count). The number of aryl methyl sites for hydroxylation is 2. The predicted molar refractivity (Wildman–Crippen MR) is 71.3 cm³/mol. The molecule has 0 amide bonds. The monoisotopic (exact) mass is 312 g/mol. The number of hydrogen-bond acceptors (Lipinski definition) is 2. The number of carbonyl (C=O) groups excluding carboxylic acids is 1. The number of hydrogen-bond donors (Lipinski definition) is 0. The molecule has 4 heteroatoms. The van der Waals surface area contributed by atoms with Crippen LogP contribution in [0.15, 0.2) is 28.7 Å². The highest BCUT2D eigenvalue weighted by atomic mass is 79.9. The first-order valence-corrected chi connectivity index (χ1v) is 6.67. The maximum Gasteiger partial charge on any atom is 0.204 e. The van der Waals surface area contributed by atoms with Gasteiger partial charge in [0.1, 0.15) is 5.82 Å². The van der Waals surface area contributed by atoms with E-state index in [2.05, 4.69) is 15.9 Å². The van der Waals surface area contributed by atoms with Crippen molar-refractivity contribution in [1.82, 2.24) is 0 Å². The van der Waals surface area contributed by atoms with E-state index in [4.69, 9.17) is 0 Å². The van der Waals surface area contributed by atoms with Crippen LogP contribution in [-0.4, -0.2) is 5.78 Å². The summed E-state index contributed by atoms with van der Waals surface area (Å²) < 4.78 is 13.9. The molecule has 0 unspecified atom stereocenters. The van der Waals surface area contributed by atoms with E-state index in [-0.39, 0.29) is 11.6 Å². The molecule has 0 aliphatic heterocycles. The molecule has 0 spiro atoms. The fourth-order valence-corrected chi connectivity index (χ4v) is 3.34. The molecule has 0 saturated heterocycles. The van der Waals surface area contributed by atoms with Crippen molar-refractivity contribution in [1.29, 1.82) is 0 Å². The molecule has 1 heterocycles. The van der Waals surface area contributed by atoms with Crippen molar-refractivity contribution in [2.75, 3.05) is 0 Å². The molecule has 0 atom stereocenters. The van der Waals surface area contributed by atoms with Crippen LogP contribution in [0.3, 0.4) is 0 Å². The van der Waals surface area contributed by atoms with E-state index in [0.717, 1.165) is 9.35 Å². The van der Waals surface area contributed by atoms with Crippen LogP contribution in [0, 0.1) is 19.7 Å². The first-order valence-electron chi connectivity index (χ1n) is 5.06. The van der Waals surface area contributed by atoms with Gasteiger partial charge in [0.2, 0.25) is 5.78 Å². The van der Waals surface area contributed by atoms with E-state index in [1.54, 1.807) is 13.0 Å². The fourth-order valence-electron chi connectivity index (χ4n) is 1.56. The van der Waals surface area contributed by atoms with E-state index < -0.39 is 0 Å². The smallest absolute Gasteiger partial charge is 0.204 e. The summed E-state index contributed by atoms with van der Waals surface area (Å²) in [6.07, 6.45) is 0. The molecule has 88 valence electrons. The van der Waals surface area contributed by atoms with Crippen LogP contribution in [-0.2, 0) is 0 Å². The summed E-state index contributed by atoms with van der Waals surface area (Å²) in [7, 11) is 0. The second-order valence-electron chi connectivity index (χ2n) is 3.83. The van der Waals surface area contributed by atoms with Gasteiger partial charge in [0, 0.05) is 14.9 Å². The molecule has 0 radical (unpaired) electrons. The summed E-state index contributed by atoms with van der Waals surface area (Å²) in [5, 5.41) is 0. The van der Waals surface area contributed by atoms with Gasteiger partial charge >= 0.3 is 0 Å². The molecule has 0 aliphatic carbocycles.